The molecule has 2 saturated heterocycles. The van der Waals surface area contributed by atoms with E-state index < -0.39 is 18.6 Å². The third kappa shape index (κ3) is 3.25. The average Bonchev–Trinajstić information content (AvgIpc) is 3.14. The molecule has 1 aromatic rings. The minimum Gasteiger partial charge on any atom is -0.497 e. The Bertz CT molecular complexity index is 751. The van der Waals surface area contributed by atoms with Crippen molar-refractivity contribution >= 4 is 29.4 Å². The van der Waals surface area contributed by atoms with Gasteiger partial charge in [-0.05, 0) is 25.5 Å². The molecule has 0 unspecified atom stereocenters. The molecule has 0 spiro atoms. The first-order valence-corrected chi connectivity index (χ1v) is 9.26. The maximum Gasteiger partial charge on any atom is 0.330 e. The number of thioether (sulfide) groups is 1. The number of fused-ring (bicyclic) bond motifs is 1. The smallest absolute Gasteiger partial charge is 0.330 e. The van der Waals surface area contributed by atoms with Crippen LogP contribution in [0.2, 0.25) is 0 Å². The van der Waals surface area contributed by atoms with Gasteiger partial charge in [0.25, 0.3) is 0 Å². The highest BCUT2D eigenvalue weighted by Crippen LogP contribution is 2.47. The van der Waals surface area contributed by atoms with Crippen molar-refractivity contribution in [2.45, 2.75) is 30.7 Å². The molecule has 2 aliphatic rings. The summed E-state index contributed by atoms with van der Waals surface area (Å²) in [5.41, 5.74) is 0.309. The summed E-state index contributed by atoms with van der Waals surface area (Å²) in [4.78, 5) is 38.2. The molecule has 140 valence electrons. The first kappa shape index (κ1) is 18.6. The second-order valence-corrected chi connectivity index (χ2v) is 7.86. The highest BCUT2D eigenvalue weighted by atomic mass is 32.2. The average molecular weight is 379 g/mol. The van der Waals surface area contributed by atoms with E-state index in [0.29, 0.717) is 29.2 Å². The van der Waals surface area contributed by atoms with Gasteiger partial charge in [0, 0.05) is 18.2 Å². The molecule has 0 radical (unpaired) electrons. The van der Waals surface area contributed by atoms with E-state index in [2.05, 4.69) is 0 Å². The van der Waals surface area contributed by atoms with Crippen LogP contribution in [-0.2, 0) is 14.3 Å². The number of nitrogens with zero attached hydrogens (tertiary/aromatic N) is 1. The van der Waals surface area contributed by atoms with Gasteiger partial charge in [-0.2, -0.15) is 0 Å². The molecule has 3 rings (SSSR count). The fourth-order valence-corrected chi connectivity index (χ4v) is 4.75. The number of hydrogen-bond acceptors (Lipinski definition) is 7. The van der Waals surface area contributed by atoms with Crippen LogP contribution in [0.1, 0.15) is 30.1 Å². The molecule has 26 heavy (non-hydrogen) atoms. The van der Waals surface area contributed by atoms with E-state index in [1.54, 1.807) is 34.9 Å². The van der Waals surface area contributed by atoms with Crippen LogP contribution in [0.5, 0.6) is 11.5 Å². The molecule has 0 bridgehead atoms. The van der Waals surface area contributed by atoms with Gasteiger partial charge in [0.15, 0.2) is 6.61 Å². The molecule has 1 amide bonds. The SMILES string of the molecule is COc1ccc(C(=O)COC(=O)[C@H]2CS[C@@]3(C)CCC(=O)N23)c(OC)c1. The third-order valence-electron chi connectivity index (χ3n) is 4.77. The number of ketones is 1. The number of hydrogen-bond donors (Lipinski definition) is 0. The van der Waals surface area contributed by atoms with Crippen molar-refractivity contribution < 1.29 is 28.6 Å². The summed E-state index contributed by atoms with van der Waals surface area (Å²) in [6.45, 7) is 1.56. The highest BCUT2D eigenvalue weighted by Gasteiger charge is 2.53. The summed E-state index contributed by atoms with van der Waals surface area (Å²) in [6, 6.07) is 4.17. The van der Waals surface area contributed by atoms with Gasteiger partial charge in [0.2, 0.25) is 11.7 Å². The quantitative estimate of drug-likeness (QED) is 0.551. The fourth-order valence-electron chi connectivity index (χ4n) is 3.33. The summed E-state index contributed by atoms with van der Waals surface area (Å²) >= 11 is 1.58. The number of ether oxygens (including phenoxy) is 3. The minimum atomic E-state index is -0.634. The monoisotopic (exact) mass is 379 g/mol. The van der Waals surface area contributed by atoms with Gasteiger partial charge < -0.3 is 19.1 Å². The molecule has 1 aromatic carbocycles. The molecule has 7 nitrogen and oxygen atoms in total. The molecule has 2 aliphatic heterocycles. The Kier molecular flexibility index (Phi) is 5.13. The Hall–Kier alpha value is -2.22. The van der Waals surface area contributed by atoms with Crippen LogP contribution in [0.25, 0.3) is 0 Å². The van der Waals surface area contributed by atoms with E-state index >= 15 is 0 Å². The lowest BCUT2D eigenvalue weighted by Gasteiger charge is -2.29. The number of benzene rings is 1. The molecular weight excluding hydrogens is 358 g/mol. The Morgan fingerprint density at radius 3 is 2.77 bits per heavy atom. The molecule has 2 heterocycles. The Morgan fingerprint density at radius 2 is 2.08 bits per heavy atom. The van der Waals surface area contributed by atoms with Gasteiger partial charge in [-0.15, -0.1) is 11.8 Å². The van der Waals surface area contributed by atoms with Gasteiger partial charge in [-0.3, -0.25) is 9.59 Å². The zero-order valence-electron chi connectivity index (χ0n) is 14.9. The van der Waals surface area contributed by atoms with Crippen LogP contribution in [0.4, 0.5) is 0 Å². The van der Waals surface area contributed by atoms with Crippen molar-refractivity contribution in [1.82, 2.24) is 4.90 Å². The number of esters is 1. The standard InChI is InChI=1S/C18H21NO6S/c1-18-7-6-16(21)19(18)13(10-26-18)17(22)25-9-14(20)12-5-4-11(23-2)8-15(12)24-3/h4-5,8,13H,6-7,9-10H2,1-3H3/t13-,18+/m1/s1. The van der Waals surface area contributed by atoms with Crippen molar-refractivity contribution in [3.8, 4) is 11.5 Å². The zero-order valence-corrected chi connectivity index (χ0v) is 15.8. The first-order valence-electron chi connectivity index (χ1n) is 8.27. The van der Waals surface area contributed by atoms with Crippen LogP contribution < -0.4 is 9.47 Å². The normalized spacial score (nSPS) is 24.3. The van der Waals surface area contributed by atoms with E-state index in [9.17, 15) is 14.4 Å². The Balaban J connectivity index is 1.65. The molecular formula is C18H21NO6S. The lowest BCUT2D eigenvalue weighted by Crippen LogP contribution is -2.46. The Morgan fingerprint density at radius 1 is 1.31 bits per heavy atom. The molecule has 0 aromatic heterocycles. The summed E-state index contributed by atoms with van der Waals surface area (Å²) in [7, 11) is 2.97. The topological polar surface area (TPSA) is 82.1 Å². The van der Waals surface area contributed by atoms with Gasteiger partial charge >= 0.3 is 5.97 Å². The van der Waals surface area contributed by atoms with Crippen LogP contribution in [0.3, 0.4) is 0 Å². The van der Waals surface area contributed by atoms with Crippen molar-refractivity contribution in [2.24, 2.45) is 0 Å². The second-order valence-electron chi connectivity index (χ2n) is 6.36. The number of Topliss-reactive ketones (excluding diaryl/α,β-unsaturated/α-hetero) is 1. The lowest BCUT2D eigenvalue weighted by atomic mass is 10.1. The highest BCUT2D eigenvalue weighted by molar-refractivity contribution is 8.01. The molecule has 0 N–H and O–H groups in total. The van der Waals surface area contributed by atoms with Gasteiger partial charge in [-0.25, -0.2) is 4.79 Å². The Labute approximate surface area is 156 Å². The molecule has 0 aliphatic carbocycles. The molecule has 2 fully saturated rings. The number of methoxy groups -OCH3 is 2. The predicted octanol–water partition coefficient (Wildman–Crippen LogP) is 1.88. The van der Waals surface area contributed by atoms with E-state index in [-0.39, 0.29) is 16.6 Å². The van der Waals surface area contributed by atoms with Crippen LogP contribution in [-0.4, -0.2) is 60.1 Å². The van der Waals surface area contributed by atoms with Gasteiger partial charge in [0.1, 0.15) is 17.5 Å². The third-order valence-corrected chi connectivity index (χ3v) is 6.28. The van der Waals surface area contributed by atoms with Crippen LogP contribution in [0.15, 0.2) is 18.2 Å². The lowest BCUT2D eigenvalue weighted by molar-refractivity contribution is -0.152. The van der Waals surface area contributed by atoms with E-state index in [1.807, 2.05) is 6.92 Å². The summed E-state index contributed by atoms with van der Waals surface area (Å²) in [5, 5.41) is 0. The van der Waals surface area contributed by atoms with Gasteiger partial charge in [0.05, 0.1) is 24.7 Å². The summed E-state index contributed by atoms with van der Waals surface area (Å²) in [5.74, 6) is 0.439. The van der Waals surface area contributed by atoms with Crippen LogP contribution in [0, 0.1) is 0 Å². The predicted molar refractivity (Wildman–Crippen MR) is 95.6 cm³/mol. The largest absolute Gasteiger partial charge is 0.497 e. The summed E-state index contributed by atoms with van der Waals surface area (Å²) < 4.78 is 15.5. The molecule has 2 atom stereocenters. The second kappa shape index (κ2) is 7.19. The van der Waals surface area contributed by atoms with Crippen molar-refractivity contribution in [1.29, 1.82) is 0 Å². The summed E-state index contributed by atoms with van der Waals surface area (Å²) in [6.07, 6.45) is 1.16. The number of carbonyl (C=O) groups excluding carboxylic acids is 3. The van der Waals surface area contributed by atoms with E-state index in [0.717, 1.165) is 6.42 Å². The van der Waals surface area contributed by atoms with Crippen molar-refractivity contribution in [3.05, 3.63) is 23.8 Å². The molecule has 8 heteroatoms. The van der Waals surface area contributed by atoms with Crippen molar-refractivity contribution in [3.63, 3.8) is 0 Å². The van der Waals surface area contributed by atoms with E-state index in [1.165, 1.54) is 14.2 Å². The maximum absolute atomic E-state index is 12.4. The van der Waals surface area contributed by atoms with E-state index in [4.69, 9.17) is 14.2 Å². The molecule has 0 saturated carbocycles. The van der Waals surface area contributed by atoms with Crippen LogP contribution >= 0.6 is 11.8 Å². The number of carbonyl (C=O) groups is 3. The van der Waals surface area contributed by atoms with Gasteiger partial charge in [-0.1, -0.05) is 0 Å². The zero-order chi connectivity index (χ0) is 18.9. The first-order chi connectivity index (χ1) is 12.4. The number of amides is 1. The maximum atomic E-state index is 12.4. The van der Waals surface area contributed by atoms with Crippen molar-refractivity contribution in [2.75, 3.05) is 26.6 Å². The fraction of sp³-hybridized carbons (Fsp3) is 0.500. The minimum absolute atomic E-state index is 0.0393. The number of rotatable bonds is 6.